The number of piperidine rings is 1. The molecule has 1 N–H and O–H groups in total. The molecule has 1 aliphatic heterocycles. The molecule has 2 aromatic heterocycles. The minimum absolute atomic E-state index is 0.0666. The Bertz CT molecular complexity index is 932. The minimum Gasteiger partial charge on any atom is -0.342 e. The van der Waals surface area contributed by atoms with Crippen molar-refractivity contribution in [2.75, 3.05) is 13.1 Å². The van der Waals surface area contributed by atoms with Crippen LogP contribution < -0.4 is 11.2 Å². The van der Waals surface area contributed by atoms with Crippen LogP contribution in [0.4, 0.5) is 0 Å². The number of hydrogen-bond acceptors (Lipinski definition) is 5. The highest BCUT2D eigenvalue weighted by Gasteiger charge is 2.29. The highest BCUT2D eigenvalue weighted by Crippen LogP contribution is 2.20. The molecule has 0 aromatic carbocycles. The second-order valence-electron chi connectivity index (χ2n) is 6.42. The van der Waals surface area contributed by atoms with E-state index in [0.29, 0.717) is 25.2 Å². The predicted octanol–water partition coefficient (Wildman–Crippen LogP) is 0.133. The van der Waals surface area contributed by atoms with Gasteiger partial charge in [0, 0.05) is 44.0 Å². The zero-order chi connectivity index (χ0) is 18.7. The predicted molar refractivity (Wildman–Crippen MR) is 93.9 cm³/mol. The van der Waals surface area contributed by atoms with Crippen molar-refractivity contribution in [1.29, 1.82) is 0 Å². The van der Waals surface area contributed by atoms with Gasteiger partial charge in [-0.25, -0.2) is 4.79 Å². The average Bonchev–Trinajstić information content (AvgIpc) is 2.68. The number of aromatic nitrogens is 3. The molecule has 1 atom stereocenters. The second-order valence-corrected chi connectivity index (χ2v) is 6.42. The van der Waals surface area contributed by atoms with Gasteiger partial charge >= 0.3 is 5.69 Å². The van der Waals surface area contributed by atoms with Crippen LogP contribution in [0.3, 0.4) is 0 Å². The van der Waals surface area contributed by atoms with E-state index >= 15 is 0 Å². The van der Waals surface area contributed by atoms with E-state index in [0.717, 1.165) is 11.0 Å². The molecule has 0 aliphatic carbocycles. The van der Waals surface area contributed by atoms with Crippen molar-refractivity contribution in [3.8, 4) is 0 Å². The van der Waals surface area contributed by atoms with Gasteiger partial charge < -0.3 is 9.88 Å². The molecule has 1 saturated heterocycles. The van der Waals surface area contributed by atoms with Crippen LogP contribution in [0, 0.1) is 5.92 Å². The number of carbonyl (C=O) groups is 2. The number of amides is 1. The molecule has 136 valence electrons. The third-order valence-corrected chi connectivity index (χ3v) is 4.66. The molecule has 3 heterocycles. The van der Waals surface area contributed by atoms with Crippen molar-refractivity contribution < 1.29 is 9.59 Å². The monoisotopic (exact) mass is 356 g/mol. The number of hydrogen-bond donors (Lipinski definition) is 1. The van der Waals surface area contributed by atoms with Gasteiger partial charge in [0.1, 0.15) is 5.69 Å². The van der Waals surface area contributed by atoms with E-state index in [1.54, 1.807) is 29.3 Å². The van der Waals surface area contributed by atoms with Crippen molar-refractivity contribution in [3.63, 3.8) is 0 Å². The molecular formula is C18H20N4O4. The van der Waals surface area contributed by atoms with Gasteiger partial charge in [-0.1, -0.05) is 6.07 Å². The van der Waals surface area contributed by atoms with Crippen LogP contribution in [-0.2, 0) is 18.3 Å². The zero-order valence-electron chi connectivity index (χ0n) is 14.5. The summed E-state index contributed by atoms with van der Waals surface area (Å²) in [4.78, 5) is 56.8. The summed E-state index contributed by atoms with van der Waals surface area (Å²) in [6, 6.07) is 5.18. The number of H-pyrrole nitrogens is 1. The highest BCUT2D eigenvalue weighted by atomic mass is 16.2. The first-order chi connectivity index (χ1) is 12.5. The number of Topliss-reactive ketones (excluding diaryl/α,β-unsaturated/α-hetero) is 1. The Hall–Kier alpha value is -3.03. The summed E-state index contributed by atoms with van der Waals surface area (Å²) >= 11 is 0. The van der Waals surface area contributed by atoms with Crippen LogP contribution in [0.5, 0.6) is 0 Å². The molecule has 8 heteroatoms. The Kier molecular flexibility index (Phi) is 5.11. The van der Waals surface area contributed by atoms with Gasteiger partial charge in [0.2, 0.25) is 5.91 Å². The van der Waals surface area contributed by atoms with Crippen LogP contribution in [-0.4, -0.2) is 44.2 Å². The Morgan fingerprint density at radius 2 is 2.12 bits per heavy atom. The fourth-order valence-electron chi connectivity index (χ4n) is 3.15. The minimum atomic E-state index is -0.523. The standard InChI is InChI=1S/C18H20N4O4/c1-21-17(25)13(10-20-18(21)26)9-15(23)22-8-4-5-12(11-22)16(24)14-6-2-3-7-19-14/h2-3,6-7,10,12H,4-5,8-9,11H2,1H3,(H,20,26)/t12-/m0/s1. The van der Waals surface area contributed by atoms with Crippen LogP contribution in [0.1, 0.15) is 28.9 Å². The van der Waals surface area contributed by atoms with E-state index in [1.165, 1.54) is 13.2 Å². The number of nitrogens with zero attached hydrogens (tertiary/aromatic N) is 3. The molecule has 1 fully saturated rings. The lowest BCUT2D eigenvalue weighted by molar-refractivity contribution is -0.131. The Morgan fingerprint density at radius 3 is 2.85 bits per heavy atom. The van der Waals surface area contributed by atoms with Crippen LogP contribution in [0.15, 0.2) is 40.2 Å². The number of carbonyl (C=O) groups excluding carboxylic acids is 2. The maximum atomic E-state index is 12.6. The lowest BCUT2D eigenvalue weighted by atomic mass is 9.91. The first kappa shape index (κ1) is 17.8. The maximum Gasteiger partial charge on any atom is 0.328 e. The van der Waals surface area contributed by atoms with Gasteiger partial charge in [-0.2, -0.15) is 0 Å². The van der Waals surface area contributed by atoms with Crippen molar-refractivity contribution in [2.45, 2.75) is 19.3 Å². The summed E-state index contributed by atoms with van der Waals surface area (Å²) < 4.78 is 0.937. The van der Waals surface area contributed by atoms with Crippen molar-refractivity contribution in [1.82, 2.24) is 19.4 Å². The fourth-order valence-corrected chi connectivity index (χ4v) is 3.15. The molecule has 1 aliphatic rings. The summed E-state index contributed by atoms with van der Waals surface area (Å²) in [6.07, 6.45) is 4.18. The lowest BCUT2D eigenvalue weighted by Crippen LogP contribution is -2.44. The van der Waals surface area contributed by atoms with Gasteiger partial charge in [-0.05, 0) is 25.0 Å². The normalized spacial score (nSPS) is 17.1. The van der Waals surface area contributed by atoms with E-state index in [9.17, 15) is 19.2 Å². The van der Waals surface area contributed by atoms with E-state index in [1.807, 2.05) is 0 Å². The summed E-state index contributed by atoms with van der Waals surface area (Å²) in [7, 11) is 1.36. The Labute approximate surface area is 149 Å². The molecule has 26 heavy (non-hydrogen) atoms. The SMILES string of the molecule is Cn1c(=O)[nH]cc(CC(=O)N2CCC[C@H](C(=O)c3ccccn3)C2)c1=O. The van der Waals surface area contributed by atoms with Crippen LogP contribution in [0.2, 0.25) is 0 Å². The number of nitrogens with one attached hydrogen (secondary N) is 1. The first-order valence-electron chi connectivity index (χ1n) is 8.48. The molecule has 3 rings (SSSR count). The van der Waals surface area contributed by atoms with Crippen molar-refractivity contribution in [2.24, 2.45) is 13.0 Å². The first-order valence-corrected chi connectivity index (χ1v) is 8.48. The maximum absolute atomic E-state index is 12.6. The van der Waals surface area contributed by atoms with E-state index in [-0.39, 0.29) is 29.6 Å². The molecule has 8 nitrogen and oxygen atoms in total. The summed E-state index contributed by atoms with van der Waals surface area (Å²) in [5, 5.41) is 0. The summed E-state index contributed by atoms with van der Waals surface area (Å²) in [6.45, 7) is 0.867. The van der Waals surface area contributed by atoms with Gasteiger partial charge in [-0.3, -0.25) is 23.9 Å². The van der Waals surface area contributed by atoms with Gasteiger partial charge in [0.25, 0.3) is 5.56 Å². The third-order valence-electron chi connectivity index (χ3n) is 4.66. The number of rotatable bonds is 4. The molecular weight excluding hydrogens is 336 g/mol. The fraction of sp³-hybridized carbons (Fsp3) is 0.389. The Balaban J connectivity index is 1.71. The van der Waals surface area contributed by atoms with Gasteiger partial charge in [0.15, 0.2) is 5.78 Å². The largest absolute Gasteiger partial charge is 0.342 e. The second kappa shape index (κ2) is 7.47. The number of ketones is 1. The van der Waals surface area contributed by atoms with Crippen molar-refractivity contribution >= 4 is 11.7 Å². The highest BCUT2D eigenvalue weighted by molar-refractivity contribution is 5.96. The van der Waals surface area contributed by atoms with Gasteiger partial charge in [-0.15, -0.1) is 0 Å². The Morgan fingerprint density at radius 1 is 1.31 bits per heavy atom. The molecule has 2 aromatic rings. The molecule has 0 bridgehead atoms. The topological polar surface area (TPSA) is 105 Å². The van der Waals surface area contributed by atoms with Gasteiger partial charge in [0.05, 0.1) is 6.42 Å². The summed E-state index contributed by atoms with van der Waals surface area (Å²) in [5.74, 6) is -0.586. The molecule has 0 radical (unpaired) electrons. The summed E-state index contributed by atoms with van der Waals surface area (Å²) in [5.41, 5.74) is -0.373. The van der Waals surface area contributed by atoms with Crippen molar-refractivity contribution in [3.05, 3.63) is 62.7 Å². The number of pyridine rings is 1. The smallest absolute Gasteiger partial charge is 0.328 e. The average molecular weight is 356 g/mol. The lowest BCUT2D eigenvalue weighted by Gasteiger charge is -2.32. The van der Waals surface area contributed by atoms with E-state index in [4.69, 9.17) is 0 Å². The van der Waals surface area contributed by atoms with Crippen LogP contribution in [0.25, 0.3) is 0 Å². The quantitative estimate of drug-likeness (QED) is 0.784. The molecule has 0 saturated carbocycles. The molecule has 0 unspecified atom stereocenters. The third kappa shape index (κ3) is 3.63. The van der Waals surface area contributed by atoms with E-state index in [2.05, 4.69) is 9.97 Å². The zero-order valence-corrected chi connectivity index (χ0v) is 14.5. The van der Waals surface area contributed by atoms with Crippen LogP contribution >= 0.6 is 0 Å². The number of aromatic amines is 1. The molecule has 1 amide bonds. The number of likely N-dealkylation sites (tertiary alicyclic amines) is 1. The van der Waals surface area contributed by atoms with E-state index < -0.39 is 11.2 Å². The molecule has 0 spiro atoms.